The first-order valence-electron chi connectivity index (χ1n) is 9.22. The number of methoxy groups -OCH3 is 1. The van der Waals surface area contributed by atoms with E-state index in [2.05, 4.69) is 10.6 Å². The van der Waals surface area contributed by atoms with Crippen LogP contribution in [0.5, 0.6) is 5.75 Å². The van der Waals surface area contributed by atoms with Crippen LogP contribution >= 0.6 is 11.6 Å². The fourth-order valence-corrected chi connectivity index (χ4v) is 3.36. The van der Waals surface area contributed by atoms with Crippen molar-refractivity contribution in [2.24, 2.45) is 5.92 Å². The lowest BCUT2D eigenvalue weighted by molar-refractivity contribution is -0.136. The summed E-state index contributed by atoms with van der Waals surface area (Å²) >= 11 is 5.93. The minimum atomic E-state index is -0.793. The molecule has 1 aromatic heterocycles. The molecule has 1 fully saturated rings. The maximum atomic E-state index is 12.3. The normalized spacial score (nSPS) is 14.3. The average molecular weight is 420 g/mol. The van der Waals surface area contributed by atoms with Gasteiger partial charge in [-0.1, -0.05) is 11.6 Å². The van der Waals surface area contributed by atoms with Gasteiger partial charge in [-0.2, -0.15) is 0 Å². The van der Waals surface area contributed by atoms with Gasteiger partial charge in [0.25, 0.3) is 5.91 Å². The van der Waals surface area contributed by atoms with Crippen LogP contribution in [0.3, 0.4) is 0 Å². The van der Waals surface area contributed by atoms with E-state index >= 15 is 0 Å². The number of benzene rings is 1. The number of amides is 3. The van der Waals surface area contributed by atoms with Gasteiger partial charge in [-0.25, -0.2) is 0 Å². The van der Waals surface area contributed by atoms with Crippen molar-refractivity contribution in [3.63, 3.8) is 0 Å². The zero-order chi connectivity index (χ0) is 20.8. The summed E-state index contributed by atoms with van der Waals surface area (Å²) in [7, 11) is 1.46. The fraction of sp³-hybridized carbons (Fsp3) is 0.350. The van der Waals surface area contributed by atoms with Crippen molar-refractivity contribution < 1.29 is 23.5 Å². The van der Waals surface area contributed by atoms with Crippen LogP contribution in [0.15, 0.2) is 41.2 Å². The molecular formula is C20H22ClN3O5. The van der Waals surface area contributed by atoms with Crippen molar-refractivity contribution in [1.82, 2.24) is 10.2 Å². The van der Waals surface area contributed by atoms with Crippen LogP contribution in [0.4, 0.5) is 5.69 Å². The Morgan fingerprint density at radius 1 is 1.21 bits per heavy atom. The number of anilines is 1. The van der Waals surface area contributed by atoms with E-state index < -0.39 is 11.8 Å². The summed E-state index contributed by atoms with van der Waals surface area (Å²) in [5.74, 6) is -0.982. The Morgan fingerprint density at radius 2 is 1.97 bits per heavy atom. The molecule has 1 saturated heterocycles. The smallest absolute Gasteiger partial charge is 0.313 e. The van der Waals surface area contributed by atoms with Crippen LogP contribution < -0.4 is 15.4 Å². The van der Waals surface area contributed by atoms with Crippen LogP contribution in [-0.2, 0) is 9.59 Å². The number of hydrogen-bond donors (Lipinski definition) is 2. The van der Waals surface area contributed by atoms with Gasteiger partial charge in [-0.05, 0) is 43.0 Å². The first-order chi connectivity index (χ1) is 14.0. The molecule has 0 atom stereocenters. The van der Waals surface area contributed by atoms with Gasteiger partial charge in [0.15, 0.2) is 0 Å². The molecule has 154 valence electrons. The molecule has 9 heteroatoms. The summed E-state index contributed by atoms with van der Waals surface area (Å²) in [6.45, 7) is 1.56. The summed E-state index contributed by atoms with van der Waals surface area (Å²) < 4.78 is 10.1. The quantitative estimate of drug-likeness (QED) is 0.725. The van der Waals surface area contributed by atoms with Gasteiger partial charge in [0.2, 0.25) is 0 Å². The summed E-state index contributed by atoms with van der Waals surface area (Å²) in [5, 5.41) is 5.57. The van der Waals surface area contributed by atoms with E-state index in [4.69, 9.17) is 20.8 Å². The van der Waals surface area contributed by atoms with Crippen LogP contribution in [0.2, 0.25) is 5.02 Å². The number of hydrogen-bond acceptors (Lipinski definition) is 5. The van der Waals surface area contributed by atoms with E-state index in [1.807, 2.05) is 0 Å². The Labute approximate surface area is 173 Å². The van der Waals surface area contributed by atoms with Gasteiger partial charge >= 0.3 is 11.8 Å². The minimum Gasteiger partial charge on any atom is -0.495 e. The molecular weight excluding hydrogens is 398 g/mol. The molecule has 0 bridgehead atoms. The Balaban J connectivity index is 1.45. The van der Waals surface area contributed by atoms with Crippen LogP contribution in [0, 0.1) is 5.92 Å². The van der Waals surface area contributed by atoms with Crippen molar-refractivity contribution in [2.45, 2.75) is 12.8 Å². The second kappa shape index (κ2) is 9.47. The van der Waals surface area contributed by atoms with E-state index in [0.29, 0.717) is 41.7 Å². The van der Waals surface area contributed by atoms with Gasteiger partial charge in [-0.15, -0.1) is 0 Å². The van der Waals surface area contributed by atoms with Gasteiger partial charge < -0.3 is 24.7 Å². The molecule has 2 heterocycles. The third kappa shape index (κ3) is 5.29. The Kier molecular flexibility index (Phi) is 6.77. The zero-order valence-electron chi connectivity index (χ0n) is 15.9. The van der Waals surface area contributed by atoms with Crippen molar-refractivity contribution >= 4 is 35.0 Å². The molecule has 0 unspecified atom stereocenters. The fourth-order valence-electron chi connectivity index (χ4n) is 3.18. The highest BCUT2D eigenvalue weighted by atomic mass is 35.5. The summed E-state index contributed by atoms with van der Waals surface area (Å²) in [4.78, 5) is 38.3. The molecule has 3 rings (SSSR count). The van der Waals surface area contributed by atoms with E-state index in [0.717, 1.165) is 12.8 Å². The highest BCUT2D eigenvalue weighted by Crippen LogP contribution is 2.27. The maximum Gasteiger partial charge on any atom is 0.313 e. The number of piperidine rings is 1. The number of nitrogens with zero attached hydrogens (tertiary/aromatic N) is 1. The highest BCUT2D eigenvalue weighted by molar-refractivity contribution is 6.40. The summed E-state index contributed by atoms with van der Waals surface area (Å²) in [6, 6.07) is 6.38. The molecule has 3 amide bonds. The molecule has 0 saturated carbocycles. The van der Waals surface area contributed by atoms with E-state index in [1.54, 1.807) is 23.1 Å². The van der Waals surface area contributed by atoms with Crippen molar-refractivity contribution in [1.29, 1.82) is 0 Å². The van der Waals surface area contributed by atoms with Gasteiger partial charge in [0.1, 0.15) is 12.0 Å². The van der Waals surface area contributed by atoms with Crippen LogP contribution in [0.25, 0.3) is 0 Å². The molecule has 0 spiro atoms. The third-order valence-corrected chi connectivity index (χ3v) is 5.07. The SMILES string of the molecule is COc1ccc(Cl)cc1NC(=O)C(=O)NCC1CCN(C(=O)c2ccoc2)CC1. The standard InChI is InChI=1S/C20H22ClN3O5/c1-28-17-3-2-15(21)10-16(17)23-19(26)18(25)22-11-13-4-7-24(8-5-13)20(27)14-6-9-29-12-14/h2-3,6,9-10,12-13H,4-5,7-8,11H2,1H3,(H,22,25)(H,23,26). The number of ether oxygens (including phenoxy) is 1. The number of nitrogens with one attached hydrogen (secondary N) is 2. The topological polar surface area (TPSA) is 101 Å². The minimum absolute atomic E-state index is 0.0592. The molecule has 29 heavy (non-hydrogen) atoms. The Morgan fingerprint density at radius 3 is 2.62 bits per heavy atom. The van der Waals surface area contributed by atoms with E-state index in [-0.39, 0.29) is 11.8 Å². The predicted octanol–water partition coefficient (Wildman–Crippen LogP) is 2.55. The van der Waals surface area contributed by atoms with Gasteiger partial charge in [-0.3, -0.25) is 14.4 Å². The van der Waals surface area contributed by atoms with Crippen molar-refractivity contribution in [2.75, 3.05) is 32.1 Å². The molecule has 1 aliphatic heterocycles. The first kappa shape index (κ1) is 20.7. The number of carbonyl (C=O) groups excluding carboxylic acids is 3. The molecule has 0 aliphatic carbocycles. The second-order valence-electron chi connectivity index (χ2n) is 6.76. The molecule has 1 aromatic carbocycles. The number of furan rings is 1. The van der Waals surface area contributed by atoms with Gasteiger partial charge in [0.05, 0.1) is 24.6 Å². The Hall–Kier alpha value is -3.00. The highest BCUT2D eigenvalue weighted by Gasteiger charge is 2.25. The number of carbonyl (C=O) groups is 3. The number of likely N-dealkylation sites (tertiary alicyclic amines) is 1. The summed E-state index contributed by atoms with van der Waals surface area (Å²) in [6.07, 6.45) is 4.39. The third-order valence-electron chi connectivity index (χ3n) is 4.84. The maximum absolute atomic E-state index is 12.3. The lowest BCUT2D eigenvalue weighted by atomic mass is 9.96. The van der Waals surface area contributed by atoms with Crippen molar-refractivity contribution in [3.05, 3.63) is 47.4 Å². The lowest BCUT2D eigenvalue weighted by Gasteiger charge is -2.31. The van der Waals surface area contributed by atoms with Crippen molar-refractivity contribution in [3.8, 4) is 5.75 Å². The second-order valence-corrected chi connectivity index (χ2v) is 7.19. The van der Waals surface area contributed by atoms with E-state index in [1.165, 1.54) is 25.7 Å². The molecule has 8 nitrogen and oxygen atoms in total. The molecule has 1 aliphatic rings. The zero-order valence-corrected chi connectivity index (χ0v) is 16.7. The van der Waals surface area contributed by atoms with Gasteiger partial charge in [0, 0.05) is 24.7 Å². The van der Waals surface area contributed by atoms with E-state index in [9.17, 15) is 14.4 Å². The average Bonchev–Trinajstić information content (AvgIpc) is 3.27. The summed E-state index contributed by atoms with van der Waals surface area (Å²) in [5.41, 5.74) is 0.857. The number of rotatable bonds is 5. The molecule has 2 N–H and O–H groups in total. The first-order valence-corrected chi connectivity index (χ1v) is 9.60. The molecule has 2 aromatic rings. The van der Waals surface area contributed by atoms with Crippen LogP contribution in [-0.4, -0.2) is 49.4 Å². The van der Waals surface area contributed by atoms with Crippen LogP contribution in [0.1, 0.15) is 23.2 Å². The molecule has 0 radical (unpaired) electrons. The lowest BCUT2D eigenvalue weighted by Crippen LogP contribution is -2.43. The largest absolute Gasteiger partial charge is 0.495 e. The Bertz CT molecular complexity index is 876. The monoisotopic (exact) mass is 419 g/mol. The predicted molar refractivity (Wildman–Crippen MR) is 107 cm³/mol. The number of halogens is 1.